The van der Waals surface area contributed by atoms with Gasteiger partial charge in [0.1, 0.15) is 24.4 Å². The molecule has 0 rings (SSSR count). The maximum Gasteiger partial charge on any atom is 0.264 e. The normalized spacial score (nSPS) is 19.8. The summed E-state index contributed by atoms with van der Waals surface area (Å²) in [6, 6.07) is 0. The Morgan fingerprint density at radius 2 is 1.69 bits per heavy atom. The van der Waals surface area contributed by atoms with Crippen LogP contribution in [0.2, 0.25) is 0 Å². The minimum Gasteiger partial charge on any atom is -0.388 e. The van der Waals surface area contributed by atoms with Gasteiger partial charge in [-0.25, -0.2) is 0 Å². The first-order valence-corrected chi connectivity index (χ1v) is 6.02. The van der Waals surface area contributed by atoms with Crippen LogP contribution in [0.15, 0.2) is 0 Å². The molecule has 9 heteroatoms. The van der Waals surface area contributed by atoms with Gasteiger partial charge in [0.25, 0.3) is 10.1 Å². The van der Waals surface area contributed by atoms with Gasteiger partial charge in [-0.3, -0.25) is 4.18 Å². The lowest BCUT2D eigenvalue weighted by atomic mass is 10.0. The Labute approximate surface area is 92.2 Å². The standard InChI is InChI=1S/C7H14O8S/c1-16(13,14)15-3-5(10)7(12)6(11)4(9)2-8/h2,4-7,9-12H,3H2,1H3/t4-,5+,6+,7-/m1/s1. The second kappa shape index (κ2) is 6.23. The van der Waals surface area contributed by atoms with E-state index in [4.69, 9.17) is 15.3 Å². The van der Waals surface area contributed by atoms with Gasteiger partial charge >= 0.3 is 0 Å². The zero-order chi connectivity index (χ0) is 12.9. The summed E-state index contributed by atoms with van der Waals surface area (Å²) in [6.07, 6.45) is -6.74. The molecule has 0 spiro atoms. The molecular weight excluding hydrogens is 244 g/mol. The van der Waals surface area contributed by atoms with Crippen LogP contribution in [0.4, 0.5) is 0 Å². The largest absolute Gasteiger partial charge is 0.388 e. The van der Waals surface area contributed by atoms with E-state index in [0.717, 1.165) is 6.26 Å². The van der Waals surface area contributed by atoms with Gasteiger partial charge < -0.3 is 25.2 Å². The van der Waals surface area contributed by atoms with Gasteiger partial charge in [0, 0.05) is 0 Å². The smallest absolute Gasteiger partial charge is 0.264 e. The highest BCUT2D eigenvalue weighted by Crippen LogP contribution is 2.05. The van der Waals surface area contributed by atoms with Crippen LogP contribution in [0, 0.1) is 0 Å². The molecule has 16 heavy (non-hydrogen) atoms. The predicted octanol–water partition coefficient (Wildman–Crippen LogP) is -3.39. The van der Waals surface area contributed by atoms with Crippen LogP contribution >= 0.6 is 0 Å². The number of rotatable bonds is 7. The third kappa shape index (κ3) is 5.49. The molecule has 4 N–H and O–H groups in total. The van der Waals surface area contributed by atoms with Gasteiger partial charge in [0.05, 0.1) is 12.9 Å². The molecule has 96 valence electrons. The van der Waals surface area contributed by atoms with E-state index in [1.807, 2.05) is 0 Å². The van der Waals surface area contributed by atoms with E-state index in [0.29, 0.717) is 0 Å². The molecule has 0 bridgehead atoms. The van der Waals surface area contributed by atoms with Gasteiger partial charge in [0.2, 0.25) is 0 Å². The SMILES string of the molecule is CS(=O)(=O)OC[C@H](O)[C@@H](O)[C@@H](O)[C@H](O)C=O. The Morgan fingerprint density at radius 3 is 2.06 bits per heavy atom. The molecule has 0 aliphatic heterocycles. The summed E-state index contributed by atoms with van der Waals surface area (Å²) in [5.74, 6) is 0. The zero-order valence-electron chi connectivity index (χ0n) is 8.42. The van der Waals surface area contributed by atoms with E-state index >= 15 is 0 Å². The average Bonchev–Trinajstić information content (AvgIpc) is 2.21. The Kier molecular flexibility index (Phi) is 6.00. The first-order valence-electron chi connectivity index (χ1n) is 4.21. The molecule has 0 aromatic rings. The molecule has 0 saturated carbocycles. The van der Waals surface area contributed by atoms with E-state index in [2.05, 4.69) is 4.18 Å². The van der Waals surface area contributed by atoms with Gasteiger partial charge in [-0.15, -0.1) is 0 Å². The first-order chi connectivity index (χ1) is 7.19. The Bertz CT molecular complexity index is 312. The monoisotopic (exact) mass is 258 g/mol. The van der Waals surface area contributed by atoms with Crippen molar-refractivity contribution in [1.29, 1.82) is 0 Å². The Morgan fingerprint density at radius 1 is 1.19 bits per heavy atom. The van der Waals surface area contributed by atoms with Crippen LogP contribution in [0.5, 0.6) is 0 Å². The summed E-state index contributed by atoms with van der Waals surface area (Å²) < 4.78 is 25.2. The molecule has 0 aliphatic carbocycles. The number of carbonyl (C=O) groups excluding carboxylic acids is 1. The van der Waals surface area contributed by atoms with E-state index in [-0.39, 0.29) is 6.29 Å². The predicted molar refractivity (Wildman–Crippen MR) is 50.9 cm³/mol. The van der Waals surface area contributed by atoms with Crippen molar-refractivity contribution in [3.8, 4) is 0 Å². The van der Waals surface area contributed by atoms with Crippen molar-refractivity contribution in [1.82, 2.24) is 0 Å². The minimum absolute atomic E-state index is 0.0297. The lowest BCUT2D eigenvalue weighted by molar-refractivity contribution is -0.135. The molecule has 0 aromatic heterocycles. The lowest BCUT2D eigenvalue weighted by Gasteiger charge is -2.23. The van der Waals surface area contributed by atoms with Crippen molar-refractivity contribution in [3.63, 3.8) is 0 Å². The van der Waals surface area contributed by atoms with Crippen LogP contribution < -0.4 is 0 Å². The van der Waals surface area contributed by atoms with Crippen molar-refractivity contribution >= 4 is 16.4 Å². The summed E-state index contributed by atoms with van der Waals surface area (Å²) >= 11 is 0. The second-order valence-corrected chi connectivity index (χ2v) is 4.81. The molecule has 0 heterocycles. The molecule has 8 nitrogen and oxygen atoms in total. The highest BCUT2D eigenvalue weighted by Gasteiger charge is 2.30. The van der Waals surface area contributed by atoms with Crippen LogP contribution in [0.25, 0.3) is 0 Å². The lowest BCUT2D eigenvalue weighted by Crippen LogP contribution is -2.46. The van der Waals surface area contributed by atoms with Crippen LogP contribution in [0.3, 0.4) is 0 Å². The summed E-state index contributed by atoms with van der Waals surface area (Å²) in [5, 5.41) is 36.3. The zero-order valence-corrected chi connectivity index (χ0v) is 9.24. The third-order valence-electron chi connectivity index (χ3n) is 1.69. The Hall–Kier alpha value is -0.580. The third-order valence-corrected chi connectivity index (χ3v) is 2.25. The van der Waals surface area contributed by atoms with Crippen molar-refractivity contribution < 1.29 is 37.8 Å². The fourth-order valence-corrected chi connectivity index (χ4v) is 1.19. The maximum atomic E-state index is 10.5. The molecule has 0 aliphatic rings. The topological polar surface area (TPSA) is 141 Å². The molecule has 0 aromatic carbocycles. The molecule has 0 saturated heterocycles. The molecule has 0 radical (unpaired) electrons. The summed E-state index contributed by atoms with van der Waals surface area (Å²) in [6.45, 7) is -0.789. The van der Waals surface area contributed by atoms with Crippen molar-refractivity contribution in [2.45, 2.75) is 24.4 Å². The van der Waals surface area contributed by atoms with Crippen molar-refractivity contribution in [2.24, 2.45) is 0 Å². The number of aliphatic hydroxyl groups is 4. The Balaban J connectivity index is 4.27. The maximum absolute atomic E-state index is 10.5. The minimum atomic E-state index is -3.79. The molecule has 4 atom stereocenters. The molecular formula is C7H14O8S. The fraction of sp³-hybridized carbons (Fsp3) is 0.857. The van der Waals surface area contributed by atoms with Crippen molar-refractivity contribution in [2.75, 3.05) is 12.9 Å². The number of hydrogen-bond acceptors (Lipinski definition) is 8. The number of aliphatic hydroxyl groups excluding tert-OH is 4. The van der Waals surface area contributed by atoms with Gasteiger partial charge in [-0.2, -0.15) is 8.42 Å². The summed E-state index contributed by atoms with van der Waals surface area (Å²) in [5.41, 5.74) is 0. The van der Waals surface area contributed by atoms with E-state index < -0.39 is 41.1 Å². The van der Waals surface area contributed by atoms with Crippen molar-refractivity contribution in [3.05, 3.63) is 0 Å². The van der Waals surface area contributed by atoms with E-state index in [1.54, 1.807) is 0 Å². The van der Waals surface area contributed by atoms with Gasteiger partial charge in [0.15, 0.2) is 6.29 Å². The number of aldehydes is 1. The highest BCUT2D eigenvalue weighted by atomic mass is 32.2. The highest BCUT2D eigenvalue weighted by molar-refractivity contribution is 7.85. The first kappa shape index (κ1) is 15.4. The van der Waals surface area contributed by atoms with E-state index in [1.165, 1.54) is 0 Å². The molecule has 0 unspecified atom stereocenters. The van der Waals surface area contributed by atoms with Crippen LogP contribution in [-0.4, -0.2) is 72.4 Å². The second-order valence-electron chi connectivity index (χ2n) is 3.16. The van der Waals surface area contributed by atoms with Crippen LogP contribution in [-0.2, 0) is 19.1 Å². The molecule has 0 fully saturated rings. The number of hydrogen-bond donors (Lipinski definition) is 4. The summed E-state index contributed by atoms with van der Waals surface area (Å²) in [4.78, 5) is 10.1. The van der Waals surface area contributed by atoms with Gasteiger partial charge in [-0.05, 0) is 0 Å². The average molecular weight is 258 g/mol. The number of carbonyl (C=O) groups is 1. The fourth-order valence-electron chi connectivity index (χ4n) is 0.802. The quantitative estimate of drug-likeness (QED) is 0.273. The molecule has 0 amide bonds. The summed E-state index contributed by atoms with van der Waals surface area (Å²) in [7, 11) is -3.79. The van der Waals surface area contributed by atoms with Gasteiger partial charge in [-0.1, -0.05) is 0 Å². The van der Waals surface area contributed by atoms with E-state index in [9.17, 15) is 18.3 Å². The van der Waals surface area contributed by atoms with Crippen LogP contribution in [0.1, 0.15) is 0 Å².